The van der Waals surface area contributed by atoms with Gasteiger partial charge >= 0.3 is 6.18 Å². The van der Waals surface area contributed by atoms with Crippen molar-refractivity contribution in [3.8, 4) is 0 Å². The van der Waals surface area contributed by atoms with Gasteiger partial charge in [0.1, 0.15) is 5.69 Å². The fourth-order valence-electron chi connectivity index (χ4n) is 3.25. The number of halogens is 3. The van der Waals surface area contributed by atoms with Crippen molar-refractivity contribution >= 4 is 17.3 Å². The molecule has 3 rings (SSSR count). The minimum atomic E-state index is -4.44. The average molecular weight is 407 g/mol. The Labute approximate surface area is 165 Å². The molecule has 0 bridgehead atoms. The molecule has 0 saturated heterocycles. The number of nitro benzene ring substituents is 1. The van der Waals surface area contributed by atoms with Gasteiger partial charge in [0, 0.05) is 18.2 Å². The molecule has 2 aromatic carbocycles. The Morgan fingerprint density at radius 3 is 2.55 bits per heavy atom. The molecule has 0 aromatic heterocycles. The standard InChI is InChI=1S/C20H20F3N3O3/c1-13(14-5-4-6-15(11-14)20(21,22)23)25(16-9-10-16)12-19(27)24-17-7-2-3-8-18(17)26(28)29/h2-8,11,13,16H,9-10,12H2,1H3,(H,24,27). The van der Waals surface area contributed by atoms with Crippen molar-refractivity contribution in [1.82, 2.24) is 4.90 Å². The van der Waals surface area contributed by atoms with Gasteiger partial charge in [0.05, 0.1) is 17.0 Å². The van der Waals surface area contributed by atoms with Crippen molar-refractivity contribution in [3.05, 3.63) is 69.8 Å². The number of para-hydroxylation sites is 2. The topological polar surface area (TPSA) is 75.5 Å². The molecule has 1 atom stereocenters. The van der Waals surface area contributed by atoms with Crippen LogP contribution in [0.2, 0.25) is 0 Å². The van der Waals surface area contributed by atoms with E-state index in [1.54, 1.807) is 19.1 Å². The zero-order chi connectivity index (χ0) is 21.2. The van der Waals surface area contributed by atoms with Gasteiger partial charge in [-0.05, 0) is 43.5 Å². The fourth-order valence-corrected chi connectivity index (χ4v) is 3.25. The van der Waals surface area contributed by atoms with E-state index in [-0.39, 0.29) is 24.0 Å². The summed E-state index contributed by atoms with van der Waals surface area (Å²) in [6.07, 6.45) is -2.74. The molecule has 1 saturated carbocycles. The molecule has 9 heteroatoms. The molecule has 6 nitrogen and oxygen atoms in total. The number of rotatable bonds is 7. The molecule has 1 N–H and O–H groups in total. The molecular weight excluding hydrogens is 387 g/mol. The molecule has 1 fully saturated rings. The van der Waals surface area contributed by atoms with Crippen LogP contribution in [0.5, 0.6) is 0 Å². The second kappa shape index (κ2) is 8.20. The van der Waals surface area contributed by atoms with Gasteiger partial charge in [0.2, 0.25) is 5.91 Å². The Morgan fingerprint density at radius 1 is 1.24 bits per heavy atom. The Kier molecular flexibility index (Phi) is 5.88. The summed E-state index contributed by atoms with van der Waals surface area (Å²) >= 11 is 0. The number of benzene rings is 2. The van der Waals surface area contributed by atoms with Crippen molar-refractivity contribution in [2.75, 3.05) is 11.9 Å². The zero-order valence-corrected chi connectivity index (χ0v) is 15.6. The van der Waals surface area contributed by atoms with Crippen LogP contribution in [-0.2, 0) is 11.0 Å². The number of nitrogens with zero attached hydrogens (tertiary/aromatic N) is 2. The van der Waals surface area contributed by atoms with Crippen molar-refractivity contribution in [3.63, 3.8) is 0 Å². The quantitative estimate of drug-likeness (QED) is 0.530. The SMILES string of the molecule is CC(c1cccc(C(F)(F)F)c1)N(CC(=O)Nc1ccccc1[N+](=O)[O-])C1CC1. The molecule has 0 spiro atoms. The summed E-state index contributed by atoms with van der Waals surface area (Å²) in [6, 6.07) is 10.6. The summed E-state index contributed by atoms with van der Waals surface area (Å²) < 4.78 is 39.1. The normalized spacial score (nSPS) is 15.2. The number of nitrogens with one attached hydrogen (secondary N) is 1. The van der Waals surface area contributed by atoms with Crippen LogP contribution < -0.4 is 5.32 Å². The number of hydrogen-bond acceptors (Lipinski definition) is 4. The maximum atomic E-state index is 13.0. The number of amides is 1. The lowest BCUT2D eigenvalue weighted by molar-refractivity contribution is -0.383. The second-order valence-electron chi connectivity index (χ2n) is 7.03. The van der Waals surface area contributed by atoms with Crippen LogP contribution >= 0.6 is 0 Å². The summed E-state index contributed by atoms with van der Waals surface area (Å²) in [5, 5.41) is 13.6. The van der Waals surface area contributed by atoms with Gasteiger partial charge in [-0.1, -0.05) is 24.3 Å². The van der Waals surface area contributed by atoms with E-state index >= 15 is 0 Å². The highest BCUT2D eigenvalue weighted by Gasteiger charge is 2.36. The first-order valence-electron chi connectivity index (χ1n) is 9.13. The summed E-state index contributed by atoms with van der Waals surface area (Å²) in [5.41, 5.74) is -0.401. The van der Waals surface area contributed by atoms with Gasteiger partial charge in [0.15, 0.2) is 0 Å². The monoisotopic (exact) mass is 407 g/mol. The maximum absolute atomic E-state index is 13.0. The Morgan fingerprint density at radius 2 is 1.93 bits per heavy atom. The van der Waals surface area contributed by atoms with Gasteiger partial charge in [0.25, 0.3) is 5.69 Å². The third kappa shape index (κ3) is 5.11. The molecule has 1 aliphatic carbocycles. The van der Waals surface area contributed by atoms with Crippen LogP contribution in [0.1, 0.15) is 36.9 Å². The minimum absolute atomic E-state index is 0.0753. The predicted molar refractivity (Wildman–Crippen MR) is 101 cm³/mol. The minimum Gasteiger partial charge on any atom is -0.319 e. The molecule has 1 amide bonds. The fraction of sp³-hybridized carbons (Fsp3) is 0.350. The van der Waals surface area contributed by atoms with Crippen LogP contribution in [0.15, 0.2) is 48.5 Å². The first kappa shape index (κ1) is 20.8. The number of anilines is 1. The highest BCUT2D eigenvalue weighted by Crippen LogP contribution is 2.36. The van der Waals surface area contributed by atoms with Crippen molar-refractivity contribution < 1.29 is 22.9 Å². The summed E-state index contributed by atoms with van der Waals surface area (Å²) in [5.74, 6) is -0.454. The number of alkyl halides is 3. The average Bonchev–Trinajstić information content (AvgIpc) is 3.50. The first-order chi connectivity index (χ1) is 13.7. The van der Waals surface area contributed by atoms with Crippen LogP contribution in [0.25, 0.3) is 0 Å². The van der Waals surface area contributed by atoms with Gasteiger partial charge in [-0.15, -0.1) is 0 Å². The Hall–Kier alpha value is -2.94. The van der Waals surface area contributed by atoms with E-state index in [0.29, 0.717) is 5.56 Å². The van der Waals surface area contributed by atoms with Gasteiger partial charge in [-0.2, -0.15) is 13.2 Å². The number of hydrogen-bond donors (Lipinski definition) is 1. The summed E-state index contributed by atoms with van der Waals surface area (Å²) in [4.78, 5) is 24.9. The van der Waals surface area contributed by atoms with Crippen LogP contribution in [0, 0.1) is 10.1 Å². The van der Waals surface area contributed by atoms with Gasteiger partial charge < -0.3 is 5.32 Å². The first-order valence-corrected chi connectivity index (χ1v) is 9.13. The van der Waals surface area contributed by atoms with E-state index in [2.05, 4.69) is 5.32 Å². The number of nitro groups is 1. The third-order valence-corrected chi connectivity index (χ3v) is 4.91. The van der Waals surface area contributed by atoms with Gasteiger partial charge in [-0.3, -0.25) is 19.8 Å². The van der Waals surface area contributed by atoms with E-state index in [9.17, 15) is 28.1 Å². The van der Waals surface area contributed by atoms with E-state index in [4.69, 9.17) is 0 Å². The third-order valence-electron chi connectivity index (χ3n) is 4.91. The van der Waals surface area contributed by atoms with Crippen molar-refractivity contribution in [2.45, 2.75) is 38.0 Å². The lowest BCUT2D eigenvalue weighted by Crippen LogP contribution is -2.37. The molecule has 0 radical (unpaired) electrons. The second-order valence-corrected chi connectivity index (χ2v) is 7.03. The molecule has 0 aliphatic heterocycles. The molecule has 29 heavy (non-hydrogen) atoms. The van der Waals surface area contributed by atoms with E-state index < -0.39 is 28.6 Å². The van der Waals surface area contributed by atoms with Gasteiger partial charge in [-0.25, -0.2) is 0 Å². The molecule has 1 aliphatic rings. The van der Waals surface area contributed by atoms with E-state index in [1.165, 1.54) is 24.3 Å². The number of carbonyl (C=O) groups is 1. The smallest absolute Gasteiger partial charge is 0.319 e. The van der Waals surface area contributed by atoms with Crippen LogP contribution in [0.4, 0.5) is 24.5 Å². The maximum Gasteiger partial charge on any atom is 0.416 e. The summed E-state index contributed by atoms with van der Waals surface area (Å²) in [6.45, 7) is 1.68. The lowest BCUT2D eigenvalue weighted by atomic mass is 10.0. The summed E-state index contributed by atoms with van der Waals surface area (Å²) in [7, 11) is 0. The highest BCUT2D eigenvalue weighted by molar-refractivity contribution is 5.94. The molecular formula is C20H20F3N3O3. The molecule has 2 aromatic rings. The zero-order valence-electron chi connectivity index (χ0n) is 15.6. The molecule has 0 heterocycles. The lowest BCUT2D eigenvalue weighted by Gasteiger charge is -2.29. The number of carbonyl (C=O) groups excluding carboxylic acids is 1. The Bertz CT molecular complexity index is 913. The molecule has 154 valence electrons. The van der Waals surface area contributed by atoms with Crippen LogP contribution in [-0.4, -0.2) is 28.3 Å². The van der Waals surface area contributed by atoms with Crippen molar-refractivity contribution in [2.24, 2.45) is 0 Å². The van der Waals surface area contributed by atoms with Crippen LogP contribution in [0.3, 0.4) is 0 Å². The Balaban J connectivity index is 1.76. The highest BCUT2D eigenvalue weighted by atomic mass is 19.4. The van der Waals surface area contributed by atoms with E-state index in [0.717, 1.165) is 25.0 Å². The van der Waals surface area contributed by atoms with Crippen molar-refractivity contribution in [1.29, 1.82) is 0 Å². The van der Waals surface area contributed by atoms with E-state index in [1.807, 2.05) is 4.90 Å². The largest absolute Gasteiger partial charge is 0.416 e. The predicted octanol–water partition coefficient (Wildman–Crippen LogP) is 4.78. The molecule has 1 unspecified atom stereocenters.